The van der Waals surface area contributed by atoms with Crippen molar-refractivity contribution >= 4 is 11.5 Å². The van der Waals surface area contributed by atoms with E-state index >= 15 is 0 Å². The van der Waals surface area contributed by atoms with Crippen molar-refractivity contribution in [3.63, 3.8) is 0 Å². The molecule has 7 nitrogen and oxygen atoms in total. The van der Waals surface area contributed by atoms with Gasteiger partial charge in [-0.3, -0.25) is 10.1 Å². The Balaban J connectivity index is 2.11. The van der Waals surface area contributed by atoms with Gasteiger partial charge in [-0.25, -0.2) is 0 Å². The molecule has 0 bridgehead atoms. The minimum absolute atomic E-state index is 0.0140. The van der Waals surface area contributed by atoms with Gasteiger partial charge in [0, 0.05) is 0 Å². The Bertz CT molecular complexity index is 920. The predicted octanol–water partition coefficient (Wildman–Crippen LogP) is 3.86. The Morgan fingerprint density at radius 3 is 2.00 bits per heavy atom. The zero-order valence-corrected chi connectivity index (χ0v) is 14.2. The van der Waals surface area contributed by atoms with Crippen molar-refractivity contribution in [3.05, 3.63) is 106 Å². The second-order valence-corrected chi connectivity index (χ2v) is 5.71. The monoisotopic (exact) mass is 363 g/mol. The van der Waals surface area contributed by atoms with Crippen molar-refractivity contribution in [1.82, 2.24) is 0 Å². The van der Waals surface area contributed by atoms with E-state index in [4.69, 9.17) is 15.7 Å². The summed E-state index contributed by atoms with van der Waals surface area (Å²) in [6, 6.07) is 23.2. The number of hydrogen-bond acceptors (Lipinski definition) is 5. The highest BCUT2D eigenvalue weighted by molar-refractivity contribution is 6.01. The number of nitrogens with zero attached hydrogens (tertiary/aromatic N) is 2. The van der Waals surface area contributed by atoms with Crippen LogP contribution in [0.25, 0.3) is 0 Å². The molecular weight excluding hydrogens is 346 g/mol. The van der Waals surface area contributed by atoms with Crippen molar-refractivity contribution in [2.24, 2.45) is 10.9 Å². The van der Waals surface area contributed by atoms with Crippen molar-refractivity contribution in [3.8, 4) is 5.75 Å². The van der Waals surface area contributed by atoms with Gasteiger partial charge in [0.05, 0.1) is 4.92 Å². The molecule has 0 spiro atoms. The zero-order valence-electron chi connectivity index (χ0n) is 14.2. The Labute approximate surface area is 155 Å². The van der Waals surface area contributed by atoms with Gasteiger partial charge in [-0.1, -0.05) is 71.9 Å². The normalized spacial score (nSPS) is 11.4. The lowest BCUT2D eigenvalue weighted by Crippen LogP contribution is -2.17. The van der Waals surface area contributed by atoms with E-state index in [9.17, 15) is 10.1 Å². The molecule has 0 amide bonds. The molecule has 3 rings (SSSR count). The van der Waals surface area contributed by atoms with Crippen LogP contribution in [-0.2, 0) is 0 Å². The van der Waals surface area contributed by atoms with Crippen LogP contribution in [0.1, 0.15) is 22.8 Å². The first kappa shape index (κ1) is 17.9. The third-order valence-corrected chi connectivity index (χ3v) is 4.01. The molecule has 0 aliphatic rings. The van der Waals surface area contributed by atoms with Crippen molar-refractivity contribution in [2.75, 3.05) is 0 Å². The first-order valence-electron chi connectivity index (χ1n) is 8.13. The van der Waals surface area contributed by atoms with Crippen molar-refractivity contribution in [1.29, 1.82) is 0 Å². The summed E-state index contributed by atoms with van der Waals surface area (Å²) < 4.78 is 6.08. The van der Waals surface area contributed by atoms with Crippen LogP contribution in [0.4, 0.5) is 5.69 Å². The molecule has 136 valence electrons. The SMILES string of the molecule is N/C(=N\O)c1cccc(OC(c2ccccc2)c2ccccc2)c1[N+](=O)[O-]. The van der Waals surface area contributed by atoms with Gasteiger partial charge < -0.3 is 15.7 Å². The summed E-state index contributed by atoms with van der Waals surface area (Å²) in [4.78, 5) is 11.0. The number of nitro benzene ring substituents is 1. The van der Waals surface area contributed by atoms with Gasteiger partial charge in [0.2, 0.25) is 0 Å². The molecule has 3 aromatic rings. The summed E-state index contributed by atoms with van der Waals surface area (Å²) in [6.07, 6.45) is -0.561. The molecular formula is C20H17N3O4. The molecule has 0 saturated heterocycles. The number of oxime groups is 1. The number of benzene rings is 3. The van der Waals surface area contributed by atoms with Gasteiger partial charge in [-0.15, -0.1) is 0 Å². The van der Waals surface area contributed by atoms with E-state index in [1.54, 1.807) is 6.07 Å². The quantitative estimate of drug-likeness (QED) is 0.227. The van der Waals surface area contributed by atoms with E-state index < -0.39 is 11.0 Å². The van der Waals surface area contributed by atoms with Crippen molar-refractivity contribution in [2.45, 2.75) is 6.10 Å². The number of nitrogens with two attached hydrogens (primary N) is 1. The van der Waals surface area contributed by atoms with Crippen LogP contribution in [0.3, 0.4) is 0 Å². The summed E-state index contributed by atoms with van der Waals surface area (Å²) in [5.74, 6) is -0.329. The summed E-state index contributed by atoms with van der Waals surface area (Å²) in [6.45, 7) is 0. The summed E-state index contributed by atoms with van der Waals surface area (Å²) in [7, 11) is 0. The van der Waals surface area contributed by atoms with Crippen LogP contribution < -0.4 is 10.5 Å². The average Bonchev–Trinajstić information content (AvgIpc) is 2.72. The number of amidine groups is 1. The summed E-state index contributed by atoms with van der Waals surface area (Å²) in [5.41, 5.74) is 6.90. The highest BCUT2D eigenvalue weighted by Gasteiger charge is 2.26. The van der Waals surface area contributed by atoms with E-state index in [1.807, 2.05) is 60.7 Å². The molecule has 3 aromatic carbocycles. The number of ether oxygens (including phenoxy) is 1. The maximum absolute atomic E-state index is 11.7. The van der Waals surface area contributed by atoms with Crippen molar-refractivity contribution < 1.29 is 14.9 Å². The smallest absolute Gasteiger partial charge is 0.321 e. The average molecular weight is 363 g/mol. The topological polar surface area (TPSA) is 111 Å². The molecule has 0 atom stereocenters. The summed E-state index contributed by atoms with van der Waals surface area (Å²) >= 11 is 0. The fourth-order valence-electron chi connectivity index (χ4n) is 2.78. The molecule has 7 heteroatoms. The standard InChI is InChI=1S/C20H17N3O4/c21-20(22-24)16-12-7-13-17(18(16)23(25)26)27-19(14-8-3-1-4-9-14)15-10-5-2-6-11-15/h1-13,19,24H,(H2,21,22). The van der Waals surface area contributed by atoms with Gasteiger partial charge in [0.1, 0.15) is 11.7 Å². The fraction of sp³-hybridized carbons (Fsp3) is 0.0500. The van der Waals surface area contributed by atoms with Crippen LogP contribution in [0.5, 0.6) is 5.75 Å². The Morgan fingerprint density at radius 1 is 0.963 bits per heavy atom. The first-order valence-corrected chi connectivity index (χ1v) is 8.13. The maximum atomic E-state index is 11.7. The lowest BCUT2D eigenvalue weighted by atomic mass is 10.0. The number of para-hydroxylation sites is 1. The van der Waals surface area contributed by atoms with Gasteiger partial charge in [0.25, 0.3) is 0 Å². The molecule has 0 aromatic heterocycles. The number of rotatable bonds is 6. The van der Waals surface area contributed by atoms with Gasteiger partial charge in [-0.05, 0) is 23.3 Å². The van der Waals surface area contributed by atoms with E-state index in [0.717, 1.165) is 11.1 Å². The first-order chi connectivity index (χ1) is 13.1. The summed E-state index contributed by atoms with van der Waals surface area (Å²) in [5, 5.41) is 23.4. The molecule has 0 heterocycles. The van der Waals surface area contributed by atoms with Gasteiger partial charge in [-0.2, -0.15) is 0 Å². The highest BCUT2D eigenvalue weighted by atomic mass is 16.6. The second-order valence-electron chi connectivity index (χ2n) is 5.71. The molecule has 0 aliphatic carbocycles. The largest absolute Gasteiger partial charge is 0.474 e. The van der Waals surface area contributed by atoms with Crippen LogP contribution >= 0.6 is 0 Å². The molecule has 0 radical (unpaired) electrons. The third-order valence-electron chi connectivity index (χ3n) is 4.01. The molecule has 0 unspecified atom stereocenters. The zero-order chi connectivity index (χ0) is 19.2. The van der Waals surface area contributed by atoms with Gasteiger partial charge in [0.15, 0.2) is 11.6 Å². The molecule has 0 fully saturated rings. The number of hydrogen-bond donors (Lipinski definition) is 2. The molecule has 27 heavy (non-hydrogen) atoms. The Kier molecular flexibility index (Phi) is 5.32. The predicted molar refractivity (Wildman–Crippen MR) is 101 cm³/mol. The highest BCUT2D eigenvalue weighted by Crippen LogP contribution is 2.36. The van der Waals surface area contributed by atoms with Crippen LogP contribution in [0.15, 0.2) is 84.0 Å². The van der Waals surface area contributed by atoms with Crippen LogP contribution in [0.2, 0.25) is 0 Å². The minimum Gasteiger partial charge on any atom is -0.474 e. The van der Waals surface area contributed by atoms with E-state index in [-0.39, 0.29) is 22.8 Å². The number of nitro groups is 1. The minimum atomic E-state index is -0.601. The van der Waals surface area contributed by atoms with Crippen LogP contribution in [0, 0.1) is 10.1 Å². The van der Waals surface area contributed by atoms with E-state index in [0.29, 0.717) is 0 Å². The third kappa shape index (κ3) is 3.87. The lowest BCUT2D eigenvalue weighted by Gasteiger charge is -2.20. The van der Waals surface area contributed by atoms with E-state index in [2.05, 4.69) is 5.16 Å². The lowest BCUT2D eigenvalue weighted by molar-refractivity contribution is -0.386. The Hall–Kier alpha value is -3.87. The molecule has 0 saturated carbocycles. The van der Waals surface area contributed by atoms with Gasteiger partial charge >= 0.3 is 5.69 Å². The van der Waals surface area contributed by atoms with Crippen LogP contribution in [-0.4, -0.2) is 16.0 Å². The molecule has 3 N–H and O–H groups in total. The maximum Gasteiger partial charge on any atom is 0.321 e. The Morgan fingerprint density at radius 2 is 1.52 bits per heavy atom. The second kappa shape index (κ2) is 8.01. The van der Waals surface area contributed by atoms with E-state index in [1.165, 1.54) is 12.1 Å². The molecule has 0 aliphatic heterocycles. The fourth-order valence-corrected chi connectivity index (χ4v) is 2.78.